The summed E-state index contributed by atoms with van der Waals surface area (Å²) in [5, 5.41) is 9.98. The molecule has 3 aromatic rings. The molecule has 0 radical (unpaired) electrons. The molecule has 0 spiro atoms. The SMILES string of the molecule is COc1cccc2c1ccn2Cc1ccnc(C#N)c1. The number of methoxy groups -OCH3 is 1. The quantitative estimate of drug-likeness (QED) is 0.730. The minimum absolute atomic E-state index is 0.441. The minimum atomic E-state index is 0.441. The van der Waals surface area contributed by atoms with Crippen LogP contribution in [0.1, 0.15) is 11.3 Å². The Hall–Kier alpha value is -2.80. The summed E-state index contributed by atoms with van der Waals surface area (Å²) in [5.41, 5.74) is 2.60. The lowest BCUT2D eigenvalue weighted by Crippen LogP contribution is -1.99. The Morgan fingerprint density at radius 2 is 2.20 bits per heavy atom. The average Bonchev–Trinajstić information content (AvgIpc) is 2.90. The molecule has 0 N–H and O–H groups in total. The molecule has 0 aliphatic rings. The summed E-state index contributed by atoms with van der Waals surface area (Å²) < 4.78 is 7.49. The van der Waals surface area contributed by atoms with E-state index in [4.69, 9.17) is 10.00 Å². The highest BCUT2D eigenvalue weighted by Crippen LogP contribution is 2.26. The second-order valence-corrected chi connectivity index (χ2v) is 4.50. The van der Waals surface area contributed by atoms with E-state index in [1.54, 1.807) is 13.3 Å². The van der Waals surface area contributed by atoms with Gasteiger partial charge in [0.2, 0.25) is 0 Å². The van der Waals surface area contributed by atoms with Gasteiger partial charge in [-0.15, -0.1) is 0 Å². The molecule has 0 saturated carbocycles. The third-order valence-corrected chi connectivity index (χ3v) is 3.29. The second-order valence-electron chi connectivity index (χ2n) is 4.50. The zero-order valence-electron chi connectivity index (χ0n) is 11.1. The van der Waals surface area contributed by atoms with Crippen molar-refractivity contribution in [2.75, 3.05) is 7.11 Å². The fourth-order valence-electron chi connectivity index (χ4n) is 2.34. The molecule has 0 unspecified atom stereocenters. The van der Waals surface area contributed by atoms with E-state index in [1.165, 1.54) is 0 Å². The van der Waals surface area contributed by atoms with E-state index in [-0.39, 0.29) is 0 Å². The smallest absolute Gasteiger partial charge is 0.140 e. The number of nitriles is 1. The van der Waals surface area contributed by atoms with Crippen LogP contribution in [0.5, 0.6) is 5.75 Å². The van der Waals surface area contributed by atoms with Gasteiger partial charge in [0.25, 0.3) is 0 Å². The molecule has 0 aliphatic carbocycles. The lowest BCUT2D eigenvalue weighted by atomic mass is 10.2. The number of ether oxygens (including phenoxy) is 1. The van der Waals surface area contributed by atoms with Crippen LogP contribution in [-0.4, -0.2) is 16.7 Å². The Labute approximate surface area is 116 Å². The first-order chi connectivity index (χ1) is 9.81. The third-order valence-electron chi connectivity index (χ3n) is 3.29. The van der Waals surface area contributed by atoms with Gasteiger partial charge in [0, 0.05) is 24.3 Å². The number of fused-ring (bicyclic) bond motifs is 1. The summed E-state index contributed by atoms with van der Waals surface area (Å²) in [6, 6.07) is 13.8. The van der Waals surface area contributed by atoms with Gasteiger partial charge >= 0.3 is 0 Å². The number of nitrogens with zero attached hydrogens (tertiary/aromatic N) is 3. The minimum Gasteiger partial charge on any atom is -0.496 e. The Balaban J connectivity index is 2.01. The highest BCUT2D eigenvalue weighted by atomic mass is 16.5. The maximum atomic E-state index is 8.89. The van der Waals surface area contributed by atoms with Crippen molar-refractivity contribution in [3.8, 4) is 11.8 Å². The molecule has 0 bridgehead atoms. The maximum Gasteiger partial charge on any atom is 0.140 e. The van der Waals surface area contributed by atoms with Gasteiger partial charge in [0.15, 0.2) is 0 Å². The summed E-state index contributed by atoms with van der Waals surface area (Å²) in [6.45, 7) is 0.702. The van der Waals surface area contributed by atoms with Crippen molar-refractivity contribution in [2.24, 2.45) is 0 Å². The molecular weight excluding hydrogens is 250 g/mol. The Kier molecular flexibility index (Phi) is 3.10. The Morgan fingerprint density at radius 1 is 1.30 bits per heavy atom. The van der Waals surface area contributed by atoms with Crippen LogP contribution in [0.4, 0.5) is 0 Å². The molecule has 1 aromatic carbocycles. The van der Waals surface area contributed by atoms with E-state index in [2.05, 4.69) is 21.7 Å². The molecule has 20 heavy (non-hydrogen) atoms. The second kappa shape index (κ2) is 5.06. The van der Waals surface area contributed by atoms with Crippen molar-refractivity contribution in [3.05, 3.63) is 60.0 Å². The van der Waals surface area contributed by atoms with Crippen LogP contribution in [0.25, 0.3) is 10.9 Å². The van der Waals surface area contributed by atoms with Gasteiger partial charge in [-0.3, -0.25) is 0 Å². The van der Waals surface area contributed by atoms with Gasteiger partial charge < -0.3 is 9.30 Å². The molecule has 2 heterocycles. The number of hydrogen-bond acceptors (Lipinski definition) is 3. The first kappa shape index (κ1) is 12.2. The zero-order valence-corrected chi connectivity index (χ0v) is 11.1. The van der Waals surface area contributed by atoms with E-state index >= 15 is 0 Å². The predicted octanol–water partition coefficient (Wildman–Crippen LogP) is 2.96. The van der Waals surface area contributed by atoms with Gasteiger partial charge in [-0.05, 0) is 35.9 Å². The number of benzene rings is 1. The standard InChI is InChI=1S/C16H13N3O/c1-20-16-4-2-3-15-14(16)6-8-19(15)11-12-5-7-18-13(9-12)10-17/h2-9H,11H2,1H3. The number of hydrogen-bond donors (Lipinski definition) is 0. The van der Waals surface area contributed by atoms with E-state index in [0.29, 0.717) is 12.2 Å². The van der Waals surface area contributed by atoms with Gasteiger partial charge in [-0.2, -0.15) is 5.26 Å². The van der Waals surface area contributed by atoms with E-state index in [9.17, 15) is 0 Å². The molecule has 4 nitrogen and oxygen atoms in total. The first-order valence-corrected chi connectivity index (χ1v) is 6.28. The van der Waals surface area contributed by atoms with Crippen molar-refractivity contribution in [2.45, 2.75) is 6.54 Å². The van der Waals surface area contributed by atoms with Crippen molar-refractivity contribution >= 4 is 10.9 Å². The first-order valence-electron chi connectivity index (χ1n) is 6.28. The normalized spacial score (nSPS) is 10.4. The van der Waals surface area contributed by atoms with Crippen LogP contribution < -0.4 is 4.74 Å². The summed E-state index contributed by atoms with van der Waals surface area (Å²) in [4.78, 5) is 3.99. The van der Waals surface area contributed by atoms with E-state index < -0.39 is 0 Å². The van der Waals surface area contributed by atoms with E-state index in [0.717, 1.165) is 22.2 Å². The number of pyridine rings is 1. The molecule has 4 heteroatoms. The molecule has 98 valence electrons. The Bertz CT molecular complexity index is 799. The van der Waals surface area contributed by atoms with E-state index in [1.807, 2.05) is 36.5 Å². The number of rotatable bonds is 3. The summed E-state index contributed by atoms with van der Waals surface area (Å²) in [6.07, 6.45) is 3.69. The van der Waals surface area contributed by atoms with Crippen LogP contribution >= 0.6 is 0 Å². The predicted molar refractivity (Wildman–Crippen MR) is 76.5 cm³/mol. The Morgan fingerprint density at radius 3 is 3.00 bits per heavy atom. The van der Waals surface area contributed by atoms with Crippen LogP contribution in [0.3, 0.4) is 0 Å². The zero-order chi connectivity index (χ0) is 13.9. The van der Waals surface area contributed by atoms with Crippen LogP contribution in [0, 0.1) is 11.3 Å². The lowest BCUT2D eigenvalue weighted by Gasteiger charge is -2.07. The fourth-order valence-corrected chi connectivity index (χ4v) is 2.34. The maximum absolute atomic E-state index is 8.89. The van der Waals surface area contributed by atoms with Gasteiger partial charge in [-0.25, -0.2) is 4.98 Å². The highest BCUT2D eigenvalue weighted by molar-refractivity contribution is 5.86. The molecule has 0 fully saturated rings. The van der Waals surface area contributed by atoms with Crippen molar-refractivity contribution in [3.63, 3.8) is 0 Å². The van der Waals surface area contributed by atoms with Crippen molar-refractivity contribution in [1.29, 1.82) is 5.26 Å². The lowest BCUT2D eigenvalue weighted by molar-refractivity contribution is 0.420. The molecule has 2 aromatic heterocycles. The fraction of sp³-hybridized carbons (Fsp3) is 0.125. The third kappa shape index (κ3) is 2.10. The molecule has 0 atom stereocenters. The molecule has 0 aliphatic heterocycles. The average molecular weight is 263 g/mol. The monoisotopic (exact) mass is 263 g/mol. The van der Waals surface area contributed by atoms with Crippen molar-refractivity contribution < 1.29 is 4.74 Å². The molecule has 3 rings (SSSR count). The summed E-state index contributed by atoms with van der Waals surface area (Å²) >= 11 is 0. The largest absolute Gasteiger partial charge is 0.496 e. The molecular formula is C16H13N3O. The van der Waals surface area contributed by atoms with Crippen LogP contribution in [-0.2, 0) is 6.54 Å². The van der Waals surface area contributed by atoms with Gasteiger partial charge in [0.1, 0.15) is 17.5 Å². The highest BCUT2D eigenvalue weighted by Gasteiger charge is 2.06. The summed E-state index contributed by atoms with van der Waals surface area (Å²) in [7, 11) is 1.67. The summed E-state index contributed by atoms with van der Waals surface area (Å²) in [5.74, 6) is 0.869. The number of aromatic nitrogens is 2. The molecule has 0 saturated heterocycles. The van der Waals surface area contributed by atoms with Gasteiger partial charge in [-0.1, -0.05) is 6.07 Å². The molecule has 0 amide bonds. The van der Waals surface area contributed by atoms with Crippen molar-refractivity contribution in [1.82, 2.24) is 9.55 Å². The topological polar surface area (TPSA) is 50.8 Å². The van der Waals surface area contributed by atoms with Crippen LogP contribution in [0.15, 0.2) is 48.8 Å². The van der Waals surface area contributed by atoms with Crippen LogP contribution in [0.2, 0.25) is 0 Å². The van der Waals surface area contributed by atoms with Gasteiger partial charge in [0.05, 0.1) is 12.6 Å².